The molecule has 0 saturated carbocycles. The number of hydrogen-bond acceptors (Lipinski definition) is 2. The zero-order valence-corrected chi connectivity index (χ0v) is 26.4. The van der Waals surface area contributed by atoms with Crippen molar-refractivity contribution in [1.82, 2.24) is 0 Å². The first-order chi connectivity index (χ1) is 15.9. The minimum Gasteiger partial charge on any atom is -0.414 e. The fraction of sp³-hybridized carbons (Fsp3) is 1.00. The molecular formula is C29H64O2Si2. The molecule has 0 aromatic heterocycles. The lowest BCUT2D eigenvalue weighted by Crippen LogP contribution is -2.44. The van der Waals surface area contributed by atoms with Crippen LogP contribution in [0.3, 0.4) is 0 Å². The van der Waals surface area contributed by atoms with E-state index in [0.29, 0.717) is 12.2 Å². The van der Waals surface area contributed by atoms with Gasteiger partial charge in [-0.15, -0.1) is 0 Å². The van der Waals surface area contributed by atoms with Crippen LogP contribution < -0.4 is 0 Å². The molecule has 0 spiro atoms. The van der Waals surface area contributed by atoms with Crippen LogP contribution in [0.2, 0.25) is 36.3 Å². The molecular weight excluding hydrogens is 436 g/mol. The zero-order valence-electron chi connectivity index (χ0n) is 24.4. The van der Waals surface area contributed by atoms with Gasteiger partial charge in [0.2, 0.25) is 0 Å². The molecule has 2 nitrogen and oxygen atoms in total. The van der Waals surface area contributed by atoms with Gasteiger partial charge in [-0.3, -0.25) is 0 Å². The van der Waals surface area contributed by atoms with Gasteiger partial charge in [-0.05, 0) is 56.5 Å². The fourth-order valence-corrected chi connectivity index (χ4v) is 15.6. The van der Waals surface area contributed by atoms with E-state index in [1.165, 1.54) is 113 Å². The molecule has 0 N–H and O–H groups in total. The summed E-state index contributed by atoms with van der Waals surface area (Å²) in [7, 11) is -3.31. The summed E-state index contributed by atoms with van der Waals surface area (Å²) in [4.78, 5) is 0. The van der Waals surface area contributed by atoms with Crippen LogP contribution in [0.1, 0.15) is 139 Å². The SMILES string of the molecule is CCCC[Si](CCCC)(CCCC)OC(C)CC(C)O[Si](CCCC)(CCCC)CCCC. The molecule has 0 aliphatic heterocycles. The lowest BCUT2D eigenvalue weighted by atomic mass is 10.2. The van der Waals surface area contributed by atoms with E-state index in [2.05, 4.69) is 55.4 Å². The monoisotopic (exact) mass is 500 g/mol. The van der Waals surface area contributed by atoms with Gasteiger partial charge >= 0.3 is 0 Å². The highest BCUT2D eigenvalue weighted by Crippen LogP contribution is 2.34. The summed E-state index contributed by atoms with van der Waals surface area (Å²) in [5.41, 5.74) is 0. The highest BCUT2D eigenvalue weighted by Gasteiger charge is 2.37. The molecule has 0 radical (unpaired) electrons. The van der Waals surface area contributed by atoms with Crippen LogP contribution >= 0.6 is 0 Å². The van der Waals surface area contributed by atoms with Gasteiger partial charge < -0.3 is 8.85 Å². The molecule has 4 heteroatoms. The highest BCUT2D eigenvalue weighted by molar-refractivity contribution is 6.74. The van der Waals surface area contributed by atoms with E-state index in [4.69, 9.17) is 8.85 Å². The van der Waals surface area contributed by atoms with Crippen molar-refractivity contribution in [2.75, 3.05) is 0 Å². The maximum absolute atomic E-state index is 7.15. The Kier molecular flexibility index (Phi) is 20.8. The van der Waals surface area contributed by atoms with E-state index in [1.54, 1.807) is 0 Å². The molecule has 0 bridgehead atoms. The van der Waals surface area contributed by atoms with Crippen molar-refractivity contribution in [3.05, 3.63) is 0 Å². The van der Waals surface area contributed by atoms with Crippen molar-refractivity contribution in [3.63, 3.8) is 0 Å². The van der Waals surface area contributed by atoms with Crippen molar-refractivity contribution in [3.8, 4) is 0 Å². The normalized spacial score (nSPS) is 14.5. The average molecular weight is 501 g/mol. The van der Waals surface area contributed by atoms with E-state index >= 15 is 0 Å². The van der Waals surface area contributed by atoms with Crippen LogP contribution in [0.25, 0.3) is 0 Å². The number of hydrogen-bond donors (Lipinski definition) is 0. The maximum atomic E-state index is 7.15. The number of unbranched alkanes of at least 4 members (excludes halogenated alkanes) is 6. The van der Waals surface area contributed by atoms with E-state index in [-0.39, 0.29) is 0 Å². The van der Waals surface area contributed by atoms with E-state index in [0.717, 1.165) is 6.42 Å². The Bertz CT molecular complexity index is 348. The standard InChI is InChI=1S/C29H64O2Si2/c1-9-15-21-32(22-16-10-2,23-17-11-3)30-28(7)27-29(8)31-33(24-18-12-4,25-19-13-5)26-20-14-6/h28-29H,9-27H2,1-8H3. The third kappa shape index (κ3) is 15.2. The lowest BCUT2D eigenvalue weighted by Gasteiger charge is -2.38. The van der Waals surface area contributed by atoms with Gasteiger partial charge in [0.25, 0.3) is 0 Å². The number of rotatable bonds is 24. The Morgan fingerprint density at radius 3 is 0.818 bits per heavy atom. The molecule has 2 unspecified atom stereocenters. The smallest absolute Gasteiger partial charge is 0.193 e. The van der Waals surface area contributed by atoms with Crippen molar-refractivity contribution >= 4 is 16.6 Å². The van der Waals surface area contributed by atoms with Crippen molar-refractivity contribution in [2.24, 2.45) is 0 Å². The van der Waals surface area contributed by atoms with Crippen LogP contribution in [-0.4, -0.2) is 28.8 Å². The molecule has 0 saturated heterocycles. The first-order valence-corrected chi connectivity index (χ1v) is 20.3. The second-order valence-electron chi connectivity index (χ2n) is 11.1. The molecule has 0 fully saturated rings. The van der Waals surface area contributed by atoms with Crippen LogP contribution in [0.15, 0.2) is 0 Å². The van der Waals surface area contributed by atoms with Gasteiger partial charge in [-0.1, -0.05) is 119 Å². The van der Waals surface area contributed by atoms with Crippen LogP contribution in [-0.2, 0) is 8.85 Å². The molecule has 200 valence electrons. The summed E-state index contributed by atoms with van der Waals surface area (Å²) in [5, 5.41) is 0. The second kappa shape index (κ2) is 20.5. The minimum absolute atomic E-state index is 0.340. The Morgan fingerprint density at radius 2 is 0.636 bits per heavy atom. The van der Waals surface area contributed by atoms with Gasteiger partial charge in [-0.2, -0.15) is 0 Å². The summed E-state index contributed by atoms with van der Waals surface area (Å²) < 4.78 is 14.3. The van der Waals surface area contributed by atoms with Gasteiger partial charge in [0.15, 0.2) is 16.6 Å². The maximum Gasteiger partial charge on any atom is 0.193 e. The second-order valence-corrected chi connectivity index (χ2v) is 19.3. The Labute approximate surface area is 212 Å². The average Bonchev–Trinajstić information content (AvgIpc) is 2.80. The fourth-order valence-electron chi connectivity index (χ4n) is 5.51. The van der Waals surface area contributed by atoms with E-state index in [9.17, 15) is 0 Å². The Morgan fingerprint density at radius 1 is 0.424 bits per heavy atom. The molecule has 0 aliphatic rings. The predicted octanol–water partition coefficient (Wildman–Crippen LogP) is 10.9. The van der Waals surface area contributed by atoms with E-state index < -0.39 is 16.6 Å². The molecule has 33 heavy (non-hydrogen) atoms. The summed E-state index contributed by atoms with van der Waals surface area (Å²) in [5.74, 6) is 0. The predicted molar refractivity (Wildman–Crippen MR) is 156 cm³/mol. The summed E-state index contributed by atoms with van der Waals surface area (Å²) in [6.45, 7) is 18.8. The topological polar surface area (TPSA) is 18.5 Å². The van der Waals surface area contributed by atoms with E-state index in [1.807, 2.05) is 0 Å². The van der Waals surface area contributed by atoms with Crippen LogP contribution in [0, 0.1) is 0 Å². The summed E-state index contributed by atoms with van der Waals surface area (Å²) in [6, 6.07) is 8.20. The van der Waals surface area contributed by atoms with Crippen LogP contribution in [0.5, 0.6) is 0 Å². The lowest BCUT2D eigenvalue weighted by molar-refractivity contribution is 0.114. The molecule has 0 rings (SSSR count). The molecule has 2 atom stereocenters. The molecule has 0 aromatic carbocycles. The van der Waals surface area contributed by atoms with Crippen molar-refractivity contribution in [1.29, 1.82) is 0 Å². The highest BCUT2D eigenvalue weighted by atomic mass is 28.4. The molecule has 0 aromatic rings. The summed E-state index contributed by atoms with van der Waals surface area (Å²) in [6.07, 6.45) is 17.6. The summed E-state index contributed by atoms with van der Waals surface area (Å²) >= 11 is 0. The van der Waals surface area contributed by atoms with Gasteiger partial charge in [0.05, 0.1) is 0 Å². The minimum atomic E-state index is -1.65. The van der Waals surface area contributed by atoms with Crippen molar-refractivity contribution in [2.45, 2.75) is 187 Å². The largest absolute Gasteiger partial charge is 0.414 e. The first kappa shape index (κ1) is 33.4. The van der Waals surface area contributed by atoms with Gasteiger partial charge in [0, 0.05) is 12.2 Å². The Balaban J connectivity index is 5.32. The molecule has 0 amide bonds. The zero-order chi connectivity index (χ0) is 25.0. The van der Waals surface area contributed by atoms with Crippen molar-refractivity contribution < 1.29 is 8.85 Å². The molecule has 0 heterocycles. The van der Waals surface area contributed by atoms with Gasteiger partial charge in [0.1, 0.15) is 0 Å². The van der Waals surface area contributed by atoms with Gasteiger partial charge in [-0.25, -0.2) is 0 Å². The Hall–Kier alpha value is 0.354. The first-order valence-electron chi connectivity index (χ1n) is 15.2. The third-order valence-corrected chi connectivity index (χ3v) is 16.9. The third-order valence-electron chi connectivity index (χ3n) is 7.48. The quantitative estimate of drug-likeness (QED) is 0.123. The molecule has 0 aliphatic carbocycles. The van der Waals surface area contributed by atoms with Crippen LogP contribution in [0.4, 0.5) is 0 Å².